The standard InChI is InChI=1S/C15H17ClFN3O/c1-15(2,9-18)14(21)19-10-5-6-20(8-10)11-3-4-13(17)12(16)7-11/h3-4,7,10H,5-6,8H2,1-2H3,(H,19,21)/t10-/m1/s1. The number of amides is 1. The van der Waals surface area contributed by atoms with Gasteiger partial charge in [-0.3, -0.25) is 4.79 Å². The van der Waals surface area contributed by atoms with E-state index >= 15 is 0 Å². The summed E-state index contributed by atoms with van der Waals surface area (Å²) in [6, 6.07) is 6.56. The third-order valence-electron chi connectivity index (χ3n) is 3.64. The van der Waals surface area contributed by atoms with E-state index in [-0.39, 0.29) is 17.0 Å². The van der Waals surface area contributed by atoms with Crippen molar-refractivity contribution in [3.63, 3.8) is 0 Å². The summed E-state index contributed by atoms with van der Waals surface area (Å²) in [6.45, 7) is 4.55. The Bertz CT molecular complexity index is 597. The van der Waals surface area contributed by atoms with Crippen molar-refractivity contribution < 1.29 is 9.18 Å². The Labute approximate surface area is 128 Å². The third kappa shape index (κ3) is 3.45. The van der Waals surface area contributed by atoms with E-state index in [4.69, 9.17) is 16.9 Å². The highest BCUT2D eigenvalue weighted by Gasteiger charge is 2.31. The molecule has 1 heterocycles. The molecule has 1 aromatic carbocycles. The summed E-state index contributed by atoms with van der Waals surface area (Å²) in [5.41, 5.74) is -0.204. The number of carbonyl (C=O) groups excluding carboxylic acids is 1. The molecule has 4 nitrogen and oxygen atoms in total. The molecule has 1 aromatic rings. The van der Waals surface area contributed by atoms with E-state index in [9.17, 15) is 9.18 Å². The third-order valence-corrected chi connectivity index (χ3v) is 3.93. The molecule has 0 radical (unpaired) electrons. The molecule has 1 saturated heterocycles. The predicted molar refractivity (Wildman–Crippen MR) is 79.6 cm³/mol. The summed E-state index contributed by atoms with van der Waals surface area (Å²) in [4.78, 5) is 14.0. The molecule has 2 rings (SSSR count). The van der Waals surface area contributed by atoms with Gasteiger partial charge in [-0.2, -0.15) is 5.26 Å². The molecule has 0 saturated carbocycles. The minimum Gasteiger partial charge on any atom is -0.369 e. The second-order valence-electron chi connectivity index (χ2n) is 5.74. The largest absolute Gasteiger partial charge is 0.369 e. The van der Waals surface area contributed by atoms with Gasteiger partial charge in [0.15, 0.2) is 0 Å². The van der Waals surface area contributed by atoms with Crippen LogP contribution in [0.15, 0.2) is 18.2 Å². The van der Waals surface area contributed by atoms with E-state index in [1.54, 1.807) is 26.0 Å². The number of hydrogen-bond donors (Lipinski definition) is 1. The van der Waals surface area contributed by atoms with Crippen LogP contribution in [0, 0.1) is 22.6 Å². The number of benzene rings is 1. The second kappa shape index (κ2) is 5.90. The highest BCUT2D eigenvalue weighted by atomic mass is 35.5. The van der Waals surface area contributed by atoms with Gasteiger partial charge in [0, 0.05) is 24.8 Å². The fraction of sp³-hybridized carbons (Fsp3) is 0.467. The SMILES string of the molecule is CC(C)(C#N)C(=O)N[C@@H]1CCN(c2ccc(F)c(Cl)c2)C1. The van der Waals surface area contributed by atoms with E-state index in [2.05, 4.69) is 5.32 Å². The highest BCUT2D eigenvalue weighted by Crippen LogP contribution is 2.26. The van der Waals surface area contributed by atoms with Gasteiger partial charge in [-0.15, -0.1) is 0 Å². The van der Waals surface area contributed by atoms with Gasteiger partial charge < -0.3 is 10.2 Å². The maximum absolute atomic E-state index is 13.2. The average Bonchev–Trinajstić information content (AvgIpc) is 2.90. The minimum atomic E-state index is -1.04. The minimum absolute atomic E-state index is 0.0195. The number of halogens is 2. The lowest BCUT2D eigenvalue weighted by molar-refractivity contribution is -0.127. The summed E-state index contributed by atoms with van der Waals surface area (Å²) in [7, 11) is 0. The molecule has 1 fully saturated rings. The maximum atomic E-state index is 13.2. The van der Waals surface area contributed by atoms with Crippen LogP contribution in [0.5, 0.6) is 0 Å². The molecule has 6 heteroatoms. The molecule has 1 aliphatic rings. The Kier molecular flexibility index (Phi) is 4.38. The normalized spacial score (nSPS) is 18.4. The molecule has 1 atom stereocenters. The van der Waals surface area contributed by atoms with Gasteiger partial charge in [0.1, 0.15) is 11.2 Å². The zero-order chi connectivity index (χ0) is 15.6. The first-order valence-electron chi connectivity index (χ1n) is 6.75. The summed E-state index contributed by atoms with van der Waals surface area (Å²) in [5, 5.41) is 11.9. The van der Waals surface area contributed by atoms with E-state index in [0.717, 1.165) is 18.7 Å². The zero-order valence-corrected chi connectivity index (χ0v) is 12.7. The topological polar surface area (TPSA) is 56.1 Å². The highest BCUT2D eigenvalue weighted by molar-refractivity contribution is 6.31. The Hall–Kier alpha value is -1.80. The number of nitriles is 1. The number of nitrogens with zero attached hydrogens (tertiary/aromatic N) is 2. The smallest absolute Gasteiger partial charge is 0.240 e. The lowest BCUT2D eigenvalue weighted by atomic mass is 9.94. The van der Waals surface area contributed by atoms with Crippen molar-refractivity contribution in [1.29, 1.82) is 5.26 Å². The Morgan fingerprint density at radius 3 is 2.90 bits per heavy atom. The first-order valence-corrected chi connectivity index (χ1v) is 7.13. The molecule has 0 spiro atoms. The number of nitrogens with one attached hydrogen (secondary N) is 1. The molecule has 0 aromatic heterocycles. The molecule has 112 valence electrons. The first kappa shape index (κ1) is 15.6. The Balaban J connectivity index is 1.99. The van der Waals surface area contributed by atoms with Crippen molar-refractivity contribution in [3.8, 4) is 6.07 Å². The lowest BCUT2D eigenvalue weighted by Crippen LogP contribution is -2.43. The monoisotopic (exact) mass is 309 g/mol. The molecule has 0 bridgehead atoms. The number of carbonyl (C=O) groups is 1. The van der Waals surface area contributed by atoms with Crippen LogP contribution in [0.25, 0.3) is 0 Å². The fourth-order valence-electron chi connectivity index (χ4n) is 2.21. The van der Waals surface area contributed by atoms with Crippen LogP contribution in [0.2, 0.25) is 5.02 Å². The van der Waals surface area contributed by atoms with Crippen LogP contribution < -0.4 is 10.2 Å². The number of rotatable bonds is 3. The molecule has 0 unspecified atom stereocenters. The summed E-state index contributed by atoms with van der Waals surface area (Å²) in [5.74, 6) is -0.714. The maximum Gasteiger partial charge on any atom is 0.240 e. The Morgan fingerprint density at radius 2 is 2.29 bits per heavy atom. The van der Waals surface area contributed by atoms with Gasteiger partial charge in [0.2, 0.25) is 5.91 Å². The Morgan fingerprint density at radius 1 is 1.57 bits per heavy atom. The van der Waals surface area contributed by atoms with E-state index < -0.39 is 11.2 Å². The van der Waals surface area contributed by atoms with Crippen molar-refractivity contribution in [1.82, 2.24) is 5.32 Å². The summed E-state index contributed by atoms with van der Waals surface area (Å²) in [6.07, 6.45) is 0.780. The van der Waals surface area contributed by atoms with E-state index in [1.165, 1.54) is 6.07 Å². The summed E-state index contributed by atoms with van der Waals surface area (Å²) >= 11 is 5.78. The molecule has 1 N–H and O–H groups in total. The van der Waals surface area contributed by atoms with E-state index in [0.29, 0.717) is 6.54 Å². The molecule has 21 heavy (non-hydrogen) atoms. The van der Waals surface area contributed by atoms with Crippen LogP contribution in [0.1, 0.15) is 20.3 Å². The van der Waals surface area contributed by atoms with Crippen molar-refractivity contribution in [2.45, 2.75) is 26.3 Å². The van der Waals surface area contributed by atoms with Crippen molar-refractivity contribution in [3.05, 3.63) is 29.0 Å². The lowest BCUT2D eigenvalue weighted by Gasteiger charge is -2.21. The van der Waals surface area contributed by atoms with Crippen molar-refractivity contribution in [2.24, 2.45) is 5.41 Å². The molecule has 1 amide bonds. The van der Waals surface area contributed by atoms with Crippen LogP contribution in [0.3, 0.4) is 0 Å². The van der Waals surface area contributed by atoms with Crippen molar-refractivity contribution in [2.75, 3.05) is 18.0 Å². The van der Waals surface area contributed by atoms with Gasteiger partial charge in [-0.25, -0.2) is 4.39 Å². The molecular formula is C15H17ClFN3O. The molecule has 0 aliphatic carbocycles. The van der Waals surface area contributed by atoms with Crippen molar-refractivity contribution >= 4 is 23.2 Å². The van der Waals surface area contributed by atoms with Crippen LogP contribution in [-0.4, -0.2) is 25.0 Å². The van der Waals surface area contributed by atoms with Gasteiger partial charge in [0.25, 0.3) is 0 Å². The van der Waals surface area contributed by atoms with Gasteiger partial charge in [-0.1, -0.05) is 11.6 Å². The quantitative estimate of drug-likeness (QED) is 0.934. The van der Waals surface area contributed by atoms with Crippen LogP contribution >= 0.6 is 11.6 Å². The van der Waals surface area contributed by atoms with E-state index in [1.807, 2.05) is 11.0 Å². The van der Waals surface area contributed by atoms with Gasteiger partial charge >= 0.3 is 0 Å². The second-order valence-corrected chi connectivity index (χ2v) is 6.15. The number of hydrogen-bond acceptors (Lipinski definition) is 3. The average molecular weight is 310 g/mol. The summed E-state index contributed by atoms with van der Waals surface area (Å²) < 4.78 is 13.2. The molecular weight excluding hydrogens is 293 g/mol. The first-order chi connectivity index (χ1) is 9.83. The van der Waals surface area contributed by atoms with Gasteiger partial charge in [0.05, 0.1) is 11.1 Å². The zero-order valence-electron chi connectivity index (χ0n) is 12.0. The van der Waals surface area contributed by atoms with Crippen LogP contribution in [0.4, 0.5) is 10.1 Å². The van der Waals surface area contributed by atoms with Crippen LogP contribution in [-0.2, 0) is 4.79 Å². The number of anilines is 1. The predicted octanol–water partition coefficient (Wildman–Crippen LogP) is 2.72. The fourth-order valence-corrected chi connectivity index (χ4v) is 2.39. The van der Waals surface area contributed by atoms with Gasteiger partial charge in [-0.05, 0) is 38.5 Å². The molecule has 1 aliphatic heterocycles.